The zero-order valence-electron chi connectivity index (χ0n) is 18.4. The van der Waals surface area contributed by atoms with Gasteiger partial charge in [0.25, 0.3) is 5.91 Å². The van der Waals surface area contributed by atoms with Crippen LogP contribution in [0.3, 0.4) is 0 Å². The Morgan fingerprint density at radius 1 is 1.19 bits per heavy atom. The average Bonchev–Trinajstić information content (AvgIpc) is 2.76. The Bertz CT molecular complexity index is 1020. The highest BCUT2D eigenvalue weighted by Gasteiger charge is 2.32. The molecule has 7 nitrogen and oxygen atoms in total. The number of methoxy groups -OCH3 is 1. The van der Waals surface area contributed by atoms with Crippen LogP contribution in [0.2, 0.25) is 5.02 Å². The molecule has 2 aromatic rings. The Kier molecular flexibility index (Phi) is 7.53. The van der Waals surface area contributed by atoms with Gasteiger partial charge in [0.1, 0.15) is 0 Å². The van der Waals surface area contributed by atoms with Gasteiger partial charge in [-0.25, -0.2) is 4.79 Å². The van der Waals surface area contributed by atoms with Crippen LogP contribution in [0.4, 0.5) is 5.69 Å². The van der Waals surface area contributed by atoms with Crippen LogP contribution in [0.5, 0.6) is 0 Å². The highest BCUT2D eigenvalue weighted by Crippen LogP contribution is 2.28. The first kappa shape index (κ1) is 23.8. The number of nitrogens with one attached hydrogen (secondary N) is 2. The van der Waals surface area contributed by atoms with Gasteiger partial charge in [-0.3, -0.25) is 9.59 Å². The zero-order chi connectivity index (χ0) is 23.3. The lowest BCUT2D eigenvalue weighted by Crippen LogP contribution is -2.41. The Hall–Kier alpha value is -2.90. The second-order valence-electron chi connectivity index (χ2n) is 8.36. The fourth-order valence-corrected chi connectivity index (χ4v) is 3.96. The molecule has 0 spiro atoms. The predicted octanol–water partition coefficient (Wildman–Crippen LogP) is 4.20. The van der Waals surface area contributed by atoms with E-state index in [9.17, 15) is 14.4 Å². The minimum Gasteiger partial charge on any atom is -0.465 e. The molecule has 170 valence electrons. The second-order valence-corrected chi connectivity index (χ2v) is 8.77. The molecule has 8 heteroatoms. The Morgan fingerprint density at radius 2 is 1.94 bits per heavy atom. The van der Waals surface area contributed by atoms with Crippen molar-refractivity contribution in [1.29, 1.82) is 0 Å². The standard InChI is InChI=1S/C24H27ClN2O5/c1-24(2)13-16(8-9-32-24)21(28)26-14-15-10-17(23(30)31-3)12-18(11-15)27-22(29)19-6-4-5-7-20(19)25/h4-7,10-12,16H,8-9,13-14H2,1-3H3,(H,26,28)(H,27,29)/t16-/m1/s1. The summed E-state index contributed by atoms with van der Waals surface area (Å²) in [5.41, 5.74) is 1.30. The van der Waals surface area contributed by atoms with E-state index in [0.717, 1.165) is 0 Å². The third-order valence-corrected chi connectivity index (χ3v) is 5.65. The van der Waals surface area contributed by atoms with Crippen LogP contribution in [-0.4, -0.2) is 37.1 Å². The summed E-state index contributed by atoms with van der Waals surface area (Å²) in [5.74, 6) is -1.15. The highest BCUT2D eigenvalue weighted by molar-refractivity contribution is 6.34. The third kappa shape index (κ3) is 6.08. The Morgan fingerprint density at radius 3 is 2.62 bits per heavy atom. The van der Waals surface area contributed by atoms with Crippen molar-refractivity contribution < 1.29 is 23.9 Å². The first-order valence-corrected chi connectivity index (χ1v) is 10.8. The van der Waals surface area contributed by atoms with Gasteiger partial charge >= 0.3 is 5.97 Å². The van der Waals surface area contributed by atoms with Crippen LogP contribution in [0, 0.1) is 5.92 Å². The summed E-state index contributed by atoms with van der Waals surface area (Å²) in [6.45, 7) is 4.69. The van der Waals surface area contributed by atoms with Gasteiger partial charge in [-0.1, -0.05) is 23.7 Å². The summed E-state index contributed by atoms with van der Waals surface area (Å²) in [5, 5.41) is 6.01. The predicted molar refractivity (Wildman–Crippen MR) is 122 cm³/mol. The summed E-state index contributed by atoms with van der Waals surface area (Å²) in [6.07, 6.45) is 1.30. The van der Waals surface area contributed by atoms with E-state index in [0.29, 0.717) is 41.3 Å². The molecular formula is C24H27ClN2O5. The van der Waals surface area contributed by atoms with E-state index in [-0.39, 0.29) is 29.5 Å². The van der Waals surface area contributed by atoms with Gasteiger partial charge in [0, 0.05) is 24.8 Å². The molecule has 1 fully saturated rings. The largest absolute Gasteiger partial charge is 0.465 e. The molecule has 2 aromatic carbocycles. The van der Waals surface area contributed by atoms with Gasteiger partial charge in [0.2, 0.25) is 5.91 Å². The van der Waals surface area contributed by atoms with Crippen molar-refractivity contribution in [3.8, 4) is 0 Å². The summed E-state index contributed by atoms with van der Waals surface area (Å²) in [6, 6.07) is 11.5. The minimum absolute atomic E-state index is 0.0634. The van der Waals surface area contributed by atoms with E-state index in [4.69, 9.17) is 21.1 Å². The van der Waals surface area contributed by atoms with E-state index < -0.39 is 11.9 Å². The first-order chi connectivity index (χ1) is 15.2. The quantitative estimate of drug-likeness (QED) is 0.633. The van der Waals surface area contributed by atoms with Crippen LogP contribution < -0.4 is 10.6 Å². The van der Waals surface area contributed by atoms with Gasteiger partial charge in [-0.2, -0.15) is 0 Å². The van der Waals surface area contributed by atoms with Crippen molar-refractivity contribution in [3.63, 3.8) is 0 Å². The molecule has 0 unspecified atom stereocenters. The molecule has 1 aliphatic rings. The van der Waals surface area contributed by atoms with Crippen molar-refractivity contribution in [2.75, 3.05) is 19.0 Å². The molecule has 2 N–H and O–H groups in total. The number of hydrogen-bond donors (Lipinski definition) is 2. The molecule has 1 saturated heterocycles. The number of hydrogen-bond acceptors (Lipinski definition) is 5. The molecular weight excluding hydrogens is 432 g/mol. The summed E-state index contributed by atoms with van der Waals surface area (Å²) in [4.78, 5) is 37.4. The van der Waals surface area contributed by atoms with Crippen molar-refractivity contribution in [2.45, 2.75) is 38.8 Å². The molecule has 0 aliphatic carbocycles. The molecule has 2 amide bonds. The number of amides is 2. The number of halogens is 1. The maximum absolute atomic E-state index is 12.7. The molecule has 0 bridgehead atoms. The van der Waals surface area contributed by atoms with Gasteiger partial charge in [0.15, 0.2) is 0 Å². The number of carbonyl (C=O) groups is 3. The monoisotopic (exact) mass is 458 g/mol. The average molecular weight is 459 g/mol. The number of esters is 1. The summed E-state index contributed by atoms with van der Waals surface area (Å²) >= 11 is 6.11. The molecule has 32 heavy (non-hydrogen) atoms. The van der Waals surface area contributed by atoms with Crippen molar-refractivity contribution in [1.82, 2.24) is 5.32 Å². The van der Waals surface area contributed by atoms with Crippen LogP contribution in [0.15, 0.2) is 42.5 Å². The van der Waals surface area contributed by atoms with Gasteiger partial charge in [-0.05, 0) is 62.6 Å². The lowest BCUT2D eigenvalue weighted by atomic mass is 9.88. The fourth-order valence-electron chi connectivity index (χ4n) is 3.73. The summed E-state index contributed by atoms with van der Waals surface area (Å²) in [7, 11) is 1.28. The number of rotatable bonds is 6. The smallest absolute Gasteiger partial charge is 0.337 e. The summed E-state index contributed by atoms with van der Waals surface area (Å²) < 4.78 is 10.5. The SMILES string of the molecule is COC(=O)c1cc(CNC(=O)[C@@H]2CCOC(C)(C)C2)cc(NC(=O)c2ccccc2Cl)c1. The molecule has 0 saturated carbocycles. The number of ether oxygens (including phenoxy) is 2. The lowest BCUT2D eigenvalue weighted by Gasteiger charge is -2.34. The second kappa shape index (κ2) is 10.1. The topological polar surface area (TPSA) is 93.7 Å². The van der Waals surface area contributed by atoms with Crippen molar-refractivity contribution >= 4 is 35.1 Å². The molecule has 0 aromatic heterocycles. The fraction of sp³-hybridized carbons (Fsp3) is 0.375. The Labute approximate surface area is 192 Å². The Balaban J connectivity index is 1.75. The minimum atomic E-state index is -0.544. The van der Waals surface area contributed by atoms with Crippen LogP contribution >= 0.6 is 11.6 Å². The lowest BCUT2D eigenvalue weighted by molar-refractivity contribution is -0.135. The molecule has 1 atom stereocenters. The van der Waals surface area contributed by atoms with E-state index in [1.807, 2.05) is 13.8 Å². The van der Waals surface area contributed by atoms with Crippen LogP contribution in [0.1, 0.15) is 53.0 Å². The van der Waals surface area contributed by atoms with Crippen LogP contribution in [-0.2, 0) is 20.8 Å². The van der Waals surface area contributed by atoms with E-state index >= 15 is 0 Å². The van der Waals surface area contributed by atoms with E-state index in [1.165, 1.54) is 13.2 Å². The van der Waals surface area contributed by atoms with Gasteiger partial charge < -0.3 is 20.1 Å². The highest BCUT2D eigenvalue weighted by atomic mass is 35.5. The molecule has 3 rings (SSSR count). The maximum Gasteiger partial charge on any atom is 0.337 e. The van der Waals surface area contributed by atoms with E-state index in [2.05, 4.69) is 10.6 Å². The molecule has 0 radical (unpaired) electrons. The maximum atomic E-state index is 12.7. The van der Waals surface area contributed by atoms with Crippen molar-refractivity contribution in [2.24, 2.45) is 5.92 Å². The van der Waals surface area contributed by atoms with Gasteiger partial charge in [-0.15, -0.1) is 0 Å². The van der Waals surface area contributed by atoms with Crippen LogP contribution in [0.25, 0.3) is 0 Å². The van der Waals surface area contributed by atoms with Gasteiger partial charge in [0.05, 0.1) is 28.9 Å². The first-order valence-electron chi connectivity index (χ1n) is 10.4. The third-order valence-electron chi connectivity index (χ3n) is 5.32. The molecule has 1 aliphatic heterocycles. The number of anilines is 1. The van der Waals surface area contributed by atoms with E-state index in [1.54, 1.807) is 36.4 Å². The number of benzene rings is 2. The van der Waals surface area contributed by atoms with Crippen molar-refractivity contribution in [3.05, 3.63) is 64.2 Å². The molecule has 1 heterocycles. The normalized spacial score (nSPS) is 17.3. The zero-order valence-corrected chi connectivity index (χ0v) is 19.1. The number of carbonyl (C=O) groups excluding carboxylic acids is 3.